The summed E-state index contributed by atoms with van der Waals surface area (Å²) in [4.78, 5) is 10.6. The topological polar surface area (TPSA) is 120 Å². The van der Waals surface area contributed by atoms with E-state index in [0.29, 0.717) is 12.3 Å². The maximum atomic E-state index is 12.4. The molecule has 2 rings (SSSR count). The molecule has 0 radical (unpaired) electrons. The van der Waals surface area contributed by atoms with Crippen LogP contribution in [0.5, 0.6) is 5.75 Å². The Morgan fingerprint density at radius 2 is 1.93 bits per heavy atom. The van der Waals surface area contributed by atoms with E-state index in [1.807, 2.05) is 12.1 Å². The Morgan fingerprint density at radius 1 is 1.18 bits per heavy atom. The monoisotopic (exact) mass is 409 g/mol. The van der Waals surface area contributed by atoms with Gasteiger partial charge in [-0.25, -0.2) is 13.1 Å². The molecule has 28 heavy (non-hydrogen) atoms. The van der Waals surface area contributed by atoms with E-state index in [0.717, 1.165) is 11.6 Å². The smallest absolute Gasteiger partial charge is 0.293 e. The van der Waals surface area contributed by atoms with Gasteiger partial charge in [0.15, 0.2) is 0 Å². The molecule has 0 aliphatic heterocycles. The van der Waals surface area contributed by atoms with Crippen molar-refractivity contribution in [2.75, 3.05) is 26.1 Å². The average Bonchev–Trinajstić information content (AvgIpc) is 2.66. The van der Waals surface area contributed by atoms with Crippen molar-refractivity contribution in [2.24, 2.45) is 0 Å². The Labute approximate surface area is 163 Å². The molecule has 0 amide bonds. The number of rotatable bonds is 10. The van der Waals surface area contributed by atoms with Gasteiger partial charge in [0.2, 0.25) is 10.0 Å². The van der Waals surface area contributed by atoms with Gasteiger partial charge in [0.25, 0.3) is 5.69 Å². The molecule has 0 aromatic heterocycles. The number of nitro groups is 1. The Balaban J connectivity index is 2.23. The molecule has 0 spiro atoms. The van der Waals surface area contributed by atoms with Gasteiger partial charge in [0, 0.05) is 25.8 Å². The lowest BCUT2D eigenvalue weighted by Gasteiger charge is -2.14. The highest BCUT2D eigenvalue weighted by atomic mass is 32.2. The Bertz CT molecular complexity index is 933. The van der Waals surface area contributed by atoms with Crippen LogP contribution < -0.4 is 14.8 Å². The normalized spacial score (nSPS) is 12.4. The number of hydrogen-bond acceptors (Lipinski definition) is 7. The zero-order valence-electron chi connectivity index (χ0n) is 15.8. The fourth-order valence-electron chi connectivity index (χ4n) is 2.58. The first-order valence-electron chi connectivity index (χ1n) is 8.43. The van der Waals surface area contributed by atoms with Crippen molar-refractivity contribution in [1.29, 1.82) is 0 Å². The minimum atomic E-state index is -3.91. The van der Waals surface area contributed by atoms with Crippen LogP contribution in [0.4, 0.5) is 11.4 Å². The maximum Gasteiger partial charge on any atom is 0.293 e. The number of benzene rings is 2. The van der Waals surface area contributed by atoms with Crippen LogP contribution in [0.1, 0.15) is 12.5 Å². The van der Waals surface area contributed by atoms with Crippen LogP contribution in [-0.4, -0.2) is 40.2 Å². The highest BCUT2D eigenvalue weighted by Gasteiger charge is 2.23. The fourth-order valence-corrected chi connectivity index (χ4v) is 3.82. The largest absolute Gasteiger partial charge is 0.497 e. The number of nitro benzene ring substituents is 1. The van der Waals surface area contributed by atoms with Crippen molar-refractivity contribution >= 4 is 21.4 Å². The summed E-state index contributed by atoms with van der Waals surface area (Å²) in [6.07, 6.45) is 0. The van der Waals surface area contributed by atoms with Crippen LogP contribution in [0.2, 0.25) is 0 Å². The lowest BCUT2D eigenvalue weighted by molar-refractivity contribution is -0.384. The third-order valence-corrected chi connectivity index (χ3v) is 5.45. The molecule has 0 aliphatic rings. The minimum Gasteiger partial charge on any atom is -0.497 e. The maximum absolute atomic E-state index is 12.4. The number of anilines is 1. The van der Waals surface area contributed by atoms with Crippen LogP contribution in [0.15, 0.2) is 47.4 Å². The zero-order chi connectivity index (χ0) is 20.7. The van der Waals surface area contributed by atoms with Gasteiger partial charge in [-0.3, -0.25) is 10.1 Å². The van der Waals surface area contributed by atoms with Crippen molar-refractivity contribution in [3.63, 3.8) is 0 Å². The van der Waals surface area contributed by atoms with Gasteiger partial charge in [-0.2, -0.15) is 0 Å². The third-order valence-electron chi connectivity index (χ3n) is 3.87. The summed E-state index contributed by atoms with van der Waals surface area (Å²) in [5, 5.41) is 14.4. The predicted octanol–water partition coefficient (Wildman–Crippen LogP) is 2.53. The number of nitrogens with one attached hydrogen (secondary N) is 2. The van der Waals surface area contributed by atoms with Crippen LogP contribution in [0.25, 0.3) is 0 Å². The average molecular weight is 409 g/mol. The molecule has 9 nitrogen and oxygen atoms in total. The standard InChI is InChI=1S/C18H23N3O6S/c1-13(12-26-2)20-28(24,25)16-7-8-17(18(10-16)21(22)23)19-11-14-5-4-6-15(9-14)27-3/h4-10,13,19-20H,11-12H2,1-3H3/t13-/m1/s1. The molecular formula is C18H23N3O6S. The lowest BCUT2D eigenvalue weighted by Crippen LogP contribution is -2.35. The summed E-state index contributed by atoms with van der Waals surface area (Å²) >= 11 is 0. The van der Waals surface area contributed by atoms with Gasteiger partial charge < -0.3 is 14.8 Å². The van der Waals surface area contributed by atoms with E-state index in [9.17, 15) is 18.5 Å². The van der Waals surface area contributed by atoms with Gasteiger partial charge in [-0.05, 0) is 36.8 Å². The Hall–Kier alpha value is -2.69. The lowest BCUT2D eigenvalue weighted by atomic mass is 10.2. The van der Waals surface area contributed by atoms with Crippen molar-refractivity contribution in [2.45, 2.75) is 24.4 Å². The summed E-state index contributed by atoms with van der Waals surface area (Å²) in [7, 11) is -0.899. The molecule has 0 unspecified atom stereocenters. The van der Waals surface area contributed by atoms with Crippen molar-refractivity contribution in [1.82, 2.24) is 4.72 Å². The molecule has 0 saturated heterocycles. The summed E-state index contributed by atoms with van der Waals surface area (Å²) in [5.74, 6) is 0.673. The van der Waals surface area contributed by atoms with Crippen LogP contribution >= 0.6 is 0 Å². The molecular weight excluding hydrogens is 386 g/mol. The number of nitrogens with zero attached hydrogens (tertiary/aromatic N) is 1. The van der Waals surface area contributed by atoms with Gasteiger partial charge in [-0.1, -0.05) is 12.1 Å². The third kappa shape index (κ3) is 5.65. The molecule has 0 aliphatic carbocycles. The quantitative estimate of drug-likeness (QED) is 0.457. The highest BCUT2D eigenvalue weighted by Crippen LogP contribution is 2.28. The second kappa shape index (κ2) is 9.49. The van der Waals surface area contributed by atoms with E-state index in [1.165, 1.54) is 19.2 Å². The molecule has 2 N–H and O–H groups in total. The first-order chi connectivity index (χ1) is 13.3. The zero-order valence-corrected chi connectivity index (χ0v) is 16.7. The van der Waals surface area contributed by atoms with E-state index in [4.69, 9.17) is 9.47 Å². The first-order valence-corrected chi connectivity index (χ1v) is 9.91. The molecule has 0 saturated carbocycles. The SMILES string of the molecule is COC[C@@H](C)NS(=O)(=O)c1ccc(NCc2cccc(OC)c2)c([N+](=O)[O-])c1. The molecule has 2 aromatic carbocycles. The second-order valence-corrected chi connectivity index (χ2v) is 7.83. The molecule has 152 valence electrons. The summed E-state index contributed by atoms with van der Waals surface area (Å²) in [6.45, 7) is 2.13. The molecule has 1 atom stereocenters. The number of methoxy groups -OCH3 is 2. The van der Waals surface area contributed by atoms with Gasteiger partial charge in [0.1, 0.15) is 11.4 Å². The van der Waals surface area contributed by atoms with E-state index >= 15 is 0 Å². The van der Waals surface area contributed by atoms with E-state index in [2.05, 4.69) is 10.0 Å². The van der Waals surface area contributed by atoms with Crippen molar-refractivity contribution in [3.05, 3.63) is 58.1 Å². The molecule has 0 bridgehead atoms. The van der Waals surface area contributed by atoms with E-state index < -0.39 is 21.0 Å². The Morgan fingerprint density at radius 3 is 2.57 bits per heavy atom. The molecule has 10 heteroatoms. The Kier molecular flexibility index (Phi) is 7.32. The first kappa shape index (κ1) is 21.6. The summed E-state index contributed by atoms with van der Waals surface area (Å²) in [6, 6.07) is 10.5. The highest BCUT2D eigenvalue weighted by molar-refractivity contribution is 7.89. The van der Waals surface area contributed by atoms with Crippen molar-refractivity contribution in [3.8, 4) is 5.75 Å². The van der Waals surface area contributed by atoms with Gasteiger partial charge in [0.05, 0.1) is 23.5 Å². The number of sulfonamides is 1. The molecule has 0 heterocycles. The molecule has 2 aromatic rings. The minimum absolute atomic E-state index is 0.182. The molecule has 0 fully saturated rings. The summed E-state index contributed by atoms with van der Waals surface area (Å²) in [5.41, 5.74) is 0.752. The summed E-state index contributed by atoms with van der Waals surface area (Å²) < 4.78 is 37.3. The van der Waals surface area contributed by atoms with Crippen LogP contribution in [0, 0.1) is 10.1 Å². The van der Waals surface area contributed by atoms with Crippen LogP contribution in [0.3, 0.4) is 0 Å². The van der Waals surface area contributed by atoms with Gasteiger partial charge in [-0.15, -0.1) is 0 Å². The van der Waals surface area contributed by atoms with Crippen molar-refractivity contribution < 1.29 is 22.8 Å². The predicted molar refractivity (Wildman–Crippen MR) is 105 cm³/mol. The number of hydrogen-bond donors (Lipinski definition) is 2. The van der Waals surface area contributed by atoms with E-state index in [1.54, 1.807) is 26.2 Å². The fraction of sp³-hybridized carbons (Fsp3) is 0.333. The number of ether oxygens (including phenoxy) is 2. The van der Waals surface area contributed by atoms with E-state index in [-0.39, 0.29) is 22.9 Å². The second-order valence-electron chi connectivity index (χ2n) is 6.12. The van der Waals surface area contributed by atoms with Crippen LogP contribution in [-0.2, 0) is 21.3 Å². The van der Waals surface area contributed by atoms with Gasteiger partial charge >= 0.3 is 0 Å².